The van der Waals surface area contributed by atoms with Gasteiger partial charge in [0.1, 0.15) is 0 Å². The van der Waals surface area contributed by atoms with Gasteiger partial charge in [0.25, 0.3) is 11.2 Å². The maximum absolute atomic E-state index is 13.0. The first-order valence-electron chi connectivity index (χ1n) is 6.07. The largest absolute Gasteiger partial charge is 0.426 e. The predicted molar refractivity (Wildman–Crippen MR) is 54.9 cm³/mol. The monoisotopic (exact) mass is 400 g/mol. The average Bonchev–Trinajstić information content (AvgIpc) is 2.81. The van der Waals surface area contributed by atoms with Crippen LogP contribution in [0.5, 0.6) is 0 Å². The molecule has 2 nitrogen and oxygen atoms in total. The molecule has 0 spiro atoms. The standard InChI is InChI=1S/C11H8F12O2/c12-8(13,14)6(24,9(15,16)17)5(3-1-2-4-5)7(25,10(18,19)20)11(21,22)23/h1-2,24-25H,3-4H2. The molecule has 0 bridgehead atoms. The highest BCUT2D eigenvalue weighted by Crippen LogP contribution is 2.68. The van der Waals surface area contributed by atoms with Gasteiger partial charge in [-0.2, -0.15) is 52.7 Å². The Hall–Kier alpha value is -1.18. The van der Waals surface area contributed by atoms with E-state index in [9.17, 15) is 62.9 Å². The number of hydrogen-bond donors (Lipinski definition) is 2. The van der Waals surface area contributed by atoms with Crippen molar-refractivity contribution in [1.82, 2.24) is 0 Å². The van der Waals surface area contributed by atoms with Gasteiger partial charge in [-0.1, -0.05) is 12.2 Å². The summed E-state index contributed by atoms with van der Waals surface area (Å²) in [6, 6.07) is 0. The van der Waals surface area contributed by atoms with Crippen LogP contribution in [0.3, 0.4) is 0 Å². The van der Waals surface area contributed by atoms with Gasteiger partial charge in [-0.15, -0.1) is 0 Å². The molecule has 14 heteroatoms. The Kier molecular flexibility index (Phi) is 4.73. The van der Waals surface area contributed by atoms with E-state index in [0.717, 1.165) is 0 Å². The topological polar surface area (TPSA) is 40.5 Å². The third-order valence-corrected chi connectivity index (χ3v) is 4.13. The summed E-state index contributed by atoms with van der Waals surface area (Å²) in [5.74, 6) is 0. The lowest BCUT2D eigenvalue weighted by Gasteiger charge is -2.54. The van der Waals surface area contributed by atoms with Crippen LogP contribution >= 0.6 is 0 Å². The van der Waals surface area contributed by atoms with Crippen LogP contribution in [0.25, 0.3) is 0 Å². The lowest BCUT2D eigenvalue weighted by atomic mass is 9.57. The first-order chi connectivity index (χ1) is 10.7. The zero-order valence-electron chi connectivity index (χ0n) is 11.5. The molecule has 0 heterocycles. The van der Waals surface area contributed by atoms with Crippen molar-refractivity contribution in [2.75, 3.05) is 0 Å². The normalized spacial score (nSPS) is 20.2. The van der Waals surface area contributed by atoms with Crippen LogP contribution in [-0.4, -0.2) is 46.1 Å². The van der Waals surface area contributed by atoms with E-state index >= 15 is 0 Å². The van der Waals surface area contributed by atoms with Gasteiger partial charge < -0.3 is 10.2 Å². The van der Waals surface area contributed by atoms with Gasteiger partial charge >= 0.3 is 24.7 Å². The second kappa shape index (κ2) is 5.41. The molecule has 0 fully saturated rings. The maximum Gasteiger partial charge on any atom is 0.426 e. The highest BCUT2D eigenvalue weighted by Gasteiger charge is 2.91. The van der Waals surface area contributed by atoms with Crippen molar-refractivity contribution in [2.45, 2.75) is 48.7 Å². The fourth-order valence-electron chi connectivity index (χ4n) is 2.91. The van der Waals surface area contributed by atoms with Gasteiger partial charge in [-0.05, 0) is 12.8 Å². The summed E-state index contributed by atoms with van der Waals surface area (Å²) in [5.41, 5.74) is -18.2. The number of allylic oxidation sites excluding steroid dienone is 2. The summed E-state index contributed by atoms with van der Waals surface area (Å²) in [6.45, 7) is 0. The van der Waals surface area contributed by atoms with Crippen molar-refractivity contribution in [3.63, 3.8) is 0 Å². The van der Waals surface area contributed by atoms with Gasteiger partial charge in [0.15, 0.2) is 0 Å². The Morgan fingerprint density at radius 2 is 0.720 bits per heavy atom. The second-order valence-electron chi connectivity index (χ2n) is 5.37. The van der Waals surface area contributed by atoms with E-state index in [1.54, 1.807) is 0 Å². The van der Waals surface area contributed by atoms with E-state index in [1.165, 1.54) is 0 Å². The van der Waals surface area contributed by atoms with Crippen LogP contribution in [0.15, 0.2) is 12.2 Å². The van der Waals surface area contributed by atoms with Crippen LogP contribution in [0.1, 0.15) is 12.8 Å². The van der Waals surface area contributed by atoms with E-state index in [0.29, 0.717) is 0 Å². The van der Waals surface area contributed by atoms with Crippen molar-refractivity contribution < 1.29 is 62.9 Å². The minimum Gasteiger partial charge on any atom is -0.373 e. The van der Waals surface area contributed by atoms with E-state index in [1.807, 2.05) is 0 Å². The van der Waals surface area contributed by atoms with E-state index in [-0.39, 0.29) is 12.2 Å². The fourth-order valence-corrected chi connectivity index (χ4v) is 2.91. The van der Waals surface area contributed by atoms with Gasteiger partial charge in [-0.25, -0.2) is 0 Å². The molecular formula is C11H8F12O2. The average molecular weight is 400 g/mol. The molecule has 0 aromatic heterocycles. The predicted octanol–water partition coefficient (Wildman–Crippen LogP) is 4.03. The molecule has 1 rings (SSSR count). The van der Waals surface area contributed by atoms with Gasteiger partial charge in [0, 0.05) is 0 Å². The van der Waals surface area contributed by atoms with Crippen LogP contribution in [0.4, 0.5) is 52.7 Å². The first-order valence-corrected chi connectivity index (χ1v) is 6.07. The van der Waals surface area contributed by atoms with Crippen molar-refractivity contribution in [1.29, 1.82) is 0 Å². The van der Waals surface area contributed by atoms with Gasteiger partial charge in [0.2, 0.25) is 0 Å². The van der Waals surface area contributed by atoms with Crippen LogP contribution < -0.4 is 0 Å². The summed E-state index contributed by atoms with van der Waals surface area (Å²) in [6.07, 6.45) is -32.1. The number of hydrogen-bond acceptors (Lipinski definition) is 2. The molecule has 148 valence electrons. The molecule has 25 heavy (non-hydrogen) atoms. The van der Waals surface area contributed by atoms with E-state index < -0.39 is 54.2 Å². The van der Waals surface area contributed by atoms with Crippen LogP contribution in [0.2, 0.25) is 0 Å². The van der Waals surface area contributed by atoms with Gasteiger partial charge in [0.05, 0.1) is 5.41 Å². The molecular weight excluding hydrogens is 392 g/mol. The Morgan fingerprint density at radius 3 is 0.880 bits per heavy atom. The Morgan fingerprint density at radius 1 is 0.520 bits per heavy atom. The lowest BCUT2D eigenvalue weighted by molar-refractivity contribution is -0.474. The fraction of sp³-hybridized carbons (Fsp3) is 0.818. The quantitative estimate of drug-likeness (QED) is 0.543. The van der Waals surface area contributed by atoms with Gasteiger partial charge in [-0.3, -0.25) is 0 Å². The first kappa shape index (κ1) is 21.9. The molecule has 2 N–H and O–H groups in total. The Bertz CT molecular complexity index is 459. The minimum absolute atomic E-state index is 0.158. The summed E-state index contributed by atoms with van der Waals surface area (Å²) in [5, 5.41) is 18.5. The molecule has 1 aliphatic rings. The molecule has 0 saturated heterocycles. The van der Waals surface area contributed by atoms with E-state index in [2.05, 4.69) is 0 Å². The molecule has 0 saturated carbocycles. The summed E-state index contributed by atoms with van der Waals surface area (Å²) in [4.78, 5) is 0. The summed E-state index contributed by atoms with van der Waals surface area (Å²) < 4.78 is 156. The molecule has 1 aliphatic carbocycles. The number of alkyl halides is 12. The molecule has 0 aromatic rings. The zero-order valence-corrected chi connectivity index (χ0v) is 11.5. The molecule has 0 aromatic carbocycles. The van der Waals surface area contributed by atoms with Crippen molar-refractivity contribution in [3.05, 3.63) is 12.2 Å². The number of halogens is 12. The highest BCUT2D eigenvalue weighted by atomic mass is 19.4. The summed E-state index contributed by atoms with van der Waals surface area (Å²) >= 11 is 0. The molecule has 0 unspecified atom stereocenters. The van der Waals surface area contributed by atoms with Crippen molar-refractivity contribution >= 4 is 0 Å². The van der Waals surface area contributed by atoms with Crippen LogP contribution in [-0.2, 0) is 0 Å². The van der Waals surface area contributed by atoms with E-state index in [4.69, 9.17) is 0 Å². The molecule has 0 radical (unpaired) electrons. The Balaban J connectivity index is 4.00. The number of aliphatic hydroxyl groups is 2. The molecule has 0 amide bonds. The third kappa shape index (κ3) is 2.59. The smallest absolute Gasteiger partial charge is 0.373 e. The minimum atomic E-state index is -7.01. The molecule has 0 atom stereocenters. The second-order valence-corrected chi connectivity index (χ2v) is 5.37. The number of rotatable bonds is 2. The highest BCUT2D eigenvalue weighted by molar-refractivity contribution is 5.26. The lowest BCUT2D eigenvalue weighted by Crippen LogP contribution is -2.79. The van der Waals surface area contributed by atoms with Crippen molar-refractivity contribution in [3.8, 4) is 0 Å². The third-order valence-electron chi connectivity index (χ3n) is 4.13. The SMILES string of the molecule is OC(C(F)(F)F)(C(F)(F)F)C1(C(O)(C(F)(F)F)C(F)(F)F)CC=CC1. The maximum atomic E-state index is 13.0. The van der Waals surface area contributed by atoms with Crippen molar-refractivity contribution in [2.24, 2.45) is 5.41 Å². The molecule has 0 aliphatic heterocycles. The summed E-state index contributed by atoms with van der Waals surface area (Å²) in [7, 11) is 0. The Labute approximate surface area is 130 Å². The van der Waals surface area contributed by atoms with Crippen LogP contribution in [0, 0.1) is 5.41 Å². The zero-order chi connectivity index (χ0) is 20.3.